The van der Waals surface area contributed by atoms with Gasteiger partial charge in [0.05, 0.1) is 0 Å². The van der Waals surface area contributed by atoms with E-state index in [1.807, 2.05) is 48.6 Å². The van der Waals surface area contributed by atoms with Gasteiger partial charge in [-0.25, -0.2) is 0 Å². The minimum atomic E-state index is 1.19. The van der Waals surface area contributed by atoms with Gasteiger partial charge in [-0.2, -0.15) is 0 Å². The van der Waals surface area contributed by atoms with Crippen LogP contribution in [0.15, 0.2) is 79.0 Å². The molecule has 0 rings (SSSR count). The van der Waals surface area contributed by atoms with Crippen molar-refractivity contribution < 1.29 is 0 Å². The largest absolute Gasteiger partial charge is 0.0845 e. The lowest BCUT2D eigenvalue weighted by molar-refractivity contribution is 0.674. The van der Waals surface area contributed by atoms with E-state index in [9.17, 15) is 0 Å². The molecule has 0 N–H and O–H groups in total. The zero-order valence-corrected chi connectivity index (χ0v) is 12.6. The third-order valence-electron chi connectivity index (χ3n) is 2.58. The first-order valence-corrected chi connectivity index (χ1v) is 7.45. The van der Waals surface area contributed by atoms with E-state index in [0.717, 1.165) is 0 Å². The van der Waals surface area contributed by atoms with Crippen LogP contribution in [-0.4, -0.2) is 0 Å². The normalized spacial score (nSPS) is 13.2. The van der Waals surface area contributed by atoms with Crippen molar-refractivity contribution in [2.45, 2.75) is 39.0 Å². The molecule has 107 valence electrons. The molecule has 0 aliphatic rings. The van der Waals surface area contributed by atoms with E-state index in [0.29, 0.717) is 0 Å². The molecule has 0 nitrogen and oxygen atoms in total. The molecule has 0 saturated heterocycles. The summed E-state index contributed by atoms with van der Waals surface area (Å²) in [6.45, 7) is 7.44. The highest BCUT2D eigenvalue weighted by Crippen LogP contribution is 2.02. The second kappa shape index (κ2) is 17.2. The zero-order valence-electron chi connectivity index (χ0n) is 12.6. The molecule has 0 spiro atoms. The molecule has 0 heteroatoms. The molecule has 0 saturated carbocycles. The van der Waals surface area contributed by atoms with Gasteiger partial charge >= 0.3 is 0 Å². The van der Waals surface area contributed by atoms with Crippen LogP contribution in [0.2, 0.25) is 0 Å². The molecule has 20 heavy (non-hydrogen) atoms. The Bertz CT molecular complexity index is 373. The summed E-state index contributed by atoms with van der Waals surface area (Å²) in [6.07, 6.45) is 32.1. The predicted octanol–water partition coefficient (Wildman–Crippen LogP) is 6.28. The second-order valence-corrected chi connectivity index (χ2v) is 4.39. The molecule has 0 amide bonds. The average Bonchev–Trinajstić information content (AvgIpc) is 2.47. The highest BCUT2D eigenvalue weighted by molar-refractivity contribution is 5.20. The van der Waals surface area contributed by atoms with E-state index < -0.39 is 0 Å². The molecule has 0 heterocycles. The second-order valence-electron chi connectivity index (χ2n) is 4.39. The Morgan fingerprint density at radius 3 is 1.60 bits per heavy atom. The molecule has 0 fully saturated rings. The van der Waals surface area contributed by atoms with Crippen LogP contribution in [0.5, 0.6) is 0 Å². The first kappa shape index (κ1) is 18.2. The summed E-state index contributed by atoms with van der Waals surface area (Å²) in [5.41, 5.74) is 0. The van der Waals surface area contributed by atoms with Gasteiger partial charge in [0.15, 0.2) is 0 Å². The SMILES string of the molecule is [CH]=CC=CC=CC=CC=CC=CC=CCCCCCC. The van der Waals surface area contributed by atoms with Gasteiger partial charge in [0.25, 0.3) is 0 Å². The van der Waals surface area contributed by atoms with Crippen molar-refractivity contribution in [3.05, 3.63) is 85.6 Å². The highest BCUT2D eigenvalue weighted by atomic mass is 13.9. The van der Waals surface area contributed by atoms with Crippen molar-refractivity contribution in [1.29, 1.82) is 0 Å². The third-order valence-corrected chi connectivity index (χ3v) is 2.58. The van der Waals surface area contributed by atoms with Gasteiger partial charge < -0.3 is 0 Å². The first-order valence-electron chi connectivity index (χ1n) is 7.45. The molecule has 0 bridgehead atoms. The Kier molecular flexibility index (Phi) is 15.6. The van der Waals surface area contributed by atoms with Crippen LogP contribution in [0.4, 0.5) is 0 Å². The summed E-state index contributed by atoms with van der Waals surface area (Å²) in [5, 5.41) is 0. The Labute approximate surface area is 125 Å². The van der Waals surface area contributed by atoms with Crippen molar-refractivity contribution >= 4 is 0 Å². The summed E-state index contributed by atoms with van der Waals surface area (Å²) in [6, 6.07) is 0. The quantitative estimate of drug-likeness (QED) is 0.305. The Morgan fingerprint density at radius 1 is 0.600 bits per heavy atom. The smallest absolute Gasteiger partial charge is 0.0348 e. The van der Waals surface area contributed by atoms with Crippen LogP contribution >= 0.6 is 0 Å². The fourth-order valence-electron chi connectivity index (χ4n) is 1.51. The number of hydrogen-bond donors (Lipinski definition) is 0. The van der Waals surface area contributed by atoms with Gasteiger partial charge in [-0.05, 0) is 12.8 Å². The summed E-state index contributed by atoms with van der Waals surface area (Å²) < 4.78 is 0. The summed E-state index contributed by atoms with van der Waals surface area (Å²) in [7, 11) is 0. The van der Waals surface area contributed by atoms with Gasteiger partial charge in [-0.3, -0.25) is 0 Å². The summed E-state index contributed by atoms with van der Waals surface area (Å²) in [5.74, 6) is 0. The first-order chi connectivity index (χ1) is 9.91. The van der Waals surface area contributed by atoms with Gasteiger partial charge in [-0.15, -0.1) is 0 Å². The van der Waals surface area contributed by atoms with E-state index in [1.54, 1.807) is 6.08 Å². The molecule has 0 aliphatic carbocycles. The third kappa shape index (κ3) is 16.2. The molecule has 0 aliphatic heterocycles. The molecule has 0 atom stereocenters. The van der Waals surface area contributed by atoms with E-state index in [1.165, 1.54) is 38.2 Å². The van der Waals surface area contributed by atoms with Crippen LogP contribution < -0.4 is 0 Å². The van der Waals surface area contributed by atoms with Gasteiger partial charge in [0.2, 0.25) is 0 Å². The van der Waals surface area contributed by atoms with Crippen molar-refractivity contribution in [2.24, 2.45) is 0 Å². The molecular weight excluding hydrogens is 240 g/mol. The van der Waals surface area contributed by atoms with Crippen LogP contribution in [0.3, 0.4) is 0 Å². The van der Waals surface area contributed by atoms with Gasteiger partial charge in [0.1, 0.15) is 0 Å². The van der Waals surface area contributed by atoms with Gasteiger partial charge in [-0.1, -0.05) is 112 Å². The lowest BCUT2D eigenvalue weighted by atomic mass is 10.1. The van der Waals surface area contributed by atoms with E-state index in [-0.39, 0.29) is 0 Å². The fourth-order valence-corrected chi connectivity index (χ4v) is 1.51. The Morgan fingerprint density at radius 2 is 1.10 bits per heavy atom. The summed E-state index contributed by atoms with van der Waals surface area (Å²) in [4.78, 5) is 0. The predicted molar refractivity (Wildman–Crippen MR) is 92.5 cm³/mol. The number of unbranched alkanes of at least 4 members (excludes halogenated alkanes) is 4. The fraction of sp³-hybridized carbons (Fsp3) is 0.300. The highest BCUT2D eigenvalue weighted by Gasteiger charge is 1.82. The molecule has 0 aromatic heterocycles. The average molecular weight is 267 g/mol. The van der Waals surface area contributed by atoms with Crippen LogP contribution in [-0.2, 0) is 0 Å². The minimum absolute atomic E-state index is 1.19. The Hall–Kier alpha value is -1.82. The van der Waals surface area contributed by atoms with Crippen LogP contribution in [0, 0.1) is 6.58 Å². The van der Waals surface area contributed by atoms with Crippen molar-refractivity contribution in [1.82, 2.24) is 0 Å². The van der Waals surface area contributed by atoms with E-state index in [2.05, 4.69) is 25.2 Å². The van der Waals surface area contributed by atoms with Crippen LogP contribution in [0.1, 0.15) is 39.0 Å². The molecule has 1 radical (unpaired) electrons. The minimum Gasteiger partial charge on any atom is -0.0845 e. The maximum Gasteiger partial charge on any atom is -0.0348 e. The van der Waals surface area contributed by atoms with Crippen molar-refractivity contribution in [3.8, 4) is 0 Å². The van der Waals surface area contributed by atoms with Gasteiger partial charge in [0, 0.05) is 0 Å². The zero-order chi connectivity index (χ0) is 14.7. The van der Waals surface area contributed by atoms with E-state index >= 15 is 0 Å². The molecule has 0 aromatic carbocycles. The summed E-state index contributed by atoms with van der Waals surface area (Å²) >= 11 is 0. The molecular formula is C20H27. The number of allylic oxidation sites excluding steroid dienone is 13. The topological polar surface area (TPSA) is 0 Å². The maximum atomic E-state index is 5.20. The monoisotopic (exact) mass is 267 g/mol. The molecule has 0 aromatic rings. The molecule has 0 unspecified atom stereocenters. The lowest BCUT2D eigenvalue weighted by Crippen LogP contribution is -1.72. The Balaban J connectivity index is 3.62. The number of hydrogen-bond acceptors (Lipinski definition) is 0. The van der Waals surface area contributed by atoms with Crippen LogP contribution in [0.25, 0.3) is 0 Å². The van der Waals surface area contributed by atoms with Crippen molar-refractivity contribution in [2.75, 3.05) is 0 Å². The lowest BCUT2D eigenvalue weighted by Gasteiger charge is -1.92. The maximum absolute atomic E-state index is 5.20. The van der Waals surface area contributed by atoms with E-state index in [4.69, 9.17) is 6.58 Å². The number of rotatable bonds is 11. The van der Waals surface area contributed by atoms with Crippen molar-refractivity contribution in [3.63, 3.8) is 0 Å². The standard InChI is InChI=1S/C20H27/c1-3-5-7-9-11-13-15-17-19-20-18-16-14-12-10-8-6-4-2/h1,3,5,7,9,11,13-20H,4,6,8,10,12H2,2H3.